The summed E-state index contributed by atoms with van der Waals surface area (Å²) in [7, 11) is -3.61. The molecule has 0 aliphatic carbocycles. The Balaban J connectivity index is 1.59. The zero-order chi connectivity index (χ0) is 21.1. The lowest BCUT2D eigenvalue weighted by atomic mass is 10.2. The first-order valence-corrected chi connectivity index (χ1v) is 12.6. The Bertz CT molecular complexity index is 1140. The minimum absolute atomic E-state index is 0.0983. The van der Waals surface area contributed by atoms with Gasteiger partial charge in [-0.1, -0.05) is 53.8 Å². The van der Waals surface area contributed by atoms with Gasteiger partial charge in [-0.2, -0.15) is 0 Å². The Morgan fingerprint density at radius 1 is 1.20 bits per heavy atom. The van der Waals surface area contributed by atoms with Gasteiger partial charge < -0.3 is 4.74 Å². The van der Waals surface area contributed by atoms with Crippen molar-refractivity contribution in [3.63, 3.8) is 0 Å². The van der Waals surface area contributed by atoms with Crippen LogP contribution >= 0.6 is 11.3 Å². The standard InChI is InChI=1S/C22H24N2O4S2/c1-16-7-5-11-19-21(16)23-22(29-19)24(13-18-10-6-12-28-18)20(25)15-30(26,27)14-17-8-3-2-4-9-17/h2-5,7-9,11,18H,6,10,12-15H2,1H3. The normalized spacial score (nSPS) is 16.8. The van der Waals surface area contributed by atoms with E-state index in [9.17, 15) is 13.2 Å². The van der Waals surface area contributed by atoms with Crippen molar-refractivity contribution in [3.8, 4) is 0 Å². The van der Waals surface area contributed by atoms with Gasteiger partial charge in [-0.3, -0.25) is 9.69 Å². The average Bonchev–Trinajstić information content (AvgIpc) is 3.36. The summed E-state index contributed by atoms with van der Waals surface area (Å²) < 4.78 is 32.1. The second-order valence-corrected chi connectivity index (χ2v) is 10.6. The molecule has 1 saturated heterocycles. The van der Waals surface area contributed by atoms with Gasteiger partial charge in [0, 0.05) is 6.61 Å². The van der Waals surface area contributed by atoms with E-state index in [0.29, 0.717) is 23.8 Å². The van der Waals surface area contributed by atoms with E-state index in [1.807, 2.05) is 31.2 Å². The van der Waals surface area contributed by atoms with E-state index >= 15 is 0 Å². The first-order valence-electron chi connectivity index (χ1n) is 9.94. The predicted molar refractivity (Wildman–Crippen MR) is 120 cm³/mol. The lowest BCUT2D eigenvalue weighted by molar-refractivity contribution is -0.116. The highest BCUT2D eigenvalue weighted by Crippen LogP contribution is 2.31. The molecular formula is C22H24N2O4S2. The van der Waals surface area contributed by atoms with Crippen molar-refractivity contribution in [2.45, 2.75) is 31.6 Å². The SMILES string of the molecule is Cc1cccc2sc(N(CC3CCCO3)C(=O)CS(=O)(=O)Cc3ccccc3)nc12. The van der Waals surface area contributed by atoms with Crippen LogP contribution in [-0.4, -0.2) is 44.3 Å². The number of aromatic nitrogens is 1. The predicted octanol–water partition coefficient (Wildman–Crippen LogP) is 3.73. The number of carbonyl (C=O) groups excluding carboxylic acids is 1. The van der Waals surface area contributed by atoms with Crippen LogP contribution in [0.3, 0.4) is 0 Å². The van der Waals surface area contributed by atoms with Gasteiger partial charge in [-0.25, -0.2) is 13.4 Å². The third-order valence-corrected chi connectivity index (χ3v) is 7.63. The molecule has 158 valence electrons. The van der Waals surface area contributed by atoms with Gasteiger partial charge in [0.25, 0.3) is 0 Å². The maximum atomic E-state index is 13.2. The fourth-order valence-electron chi connectivity index (χ4n) is 3.61. The molecule has 1 atom stereocenters. The number of anilines is 1. The number of carbonyl (C=O) groups is 1. The van der Waals surface area contributed by atoms with Crippen molar-refractivity contribution in [1.29, 1.82) is 0 Å². The van der Waals surface area contributed by atoms with E-state index in [4.69, 9.17) is 4.74 Å². The summed E-state index contributed by atoms with van der Waals surface area (Å²) in [5.41, 5.74) is 2.54. The van der Waals surface area contributed by atoms with Gasteiger partial charge in [0.2, 0.25) is 5.91 Å². The number of hydrogen-bond donors (Lipinski definition) is 0. The molecule has 1 unspecified atom stereocenters. The van der Waals surface area contributed by atoms with Crippen molar-refractivity contribution in [2.24, 2.45) is 0 Å². The number of thiazole rings is 1. The molecule has 0 N–H and O–H groups in total. The zero-order valence-corrected chi connectivity index (χ0v) is 18.4. The van der Waals surface area contributed by atoms with Crippen LogP contribution in [0.4, 0.5) is 5.13 Å². The van der Waals surface area contributed by atoms with Crippen molar-refractivity contribution in [3.05, 3.63) is 59.7 Å². The first-order chi connectivity index (χ1) is 14.4. The van der Waals surface area contributed by atoms with Crippen LogP contribution in [0.2, 0.25) is 0 Å². The summed E-state index contributed by atoms with van der Waals surface area (Å²) in [6, 6.07) is 14.8. The molecular weight excluding hydrogens is 420 g/mol. The highest BCUT2D eigenvalue weighted by molar-refractivity contribution is 7.91. The fourth-order valence-corrected chi connectivity index (χ4v) is 6.02. The summed E-state index contributed by atoms with van der Waals surface area (Å²) in [5, 5.41) is 0.523. The molecule has 1 aliphatic heterocycles. The smallest absolute Gasteiger partial charge is 0.244 e. The fraction of sp³-hybridized carbons (Fsp3) is 0.364. The van der Waals surface area contributed by atoms with Crippen molar-refractivity contribution >= 4 is 42.4 Å². The molecule has 2 heterocycles. The Morgan fingerprint density at radius 2 is 2.00 bits per heavy atom. The van der Waals surface area contributed by atoms with Crippen molar-refractivity contribution < 1.29 is 17.9 Å². The van der Waals surface area contributed by atoms with E-state index in [2.05, 4.69) is 4.98 Å². The van der Waals surface area contributed by atoms with Crippen molar-refractivity contribution in [2.75, 3.05) is 23.8 Å². The number of benzene rings is 2. The summed E-state index contributed by atoms with van der Waals surface area (Å²) in [6.45, 7) is 2.96. The largest absolute Gasteiger partial charge is 0.376 e. The van der Waals surface area contributed by atoms with Gasteiger partial charge in [-0.15, -0.1) is 0 Å². The number of fused-ring (bicyclic) bond motifs is 1. The second kappa shape index (κ2) is 8.83. The summed E-state index contributed by atoms with van der Waals surface area (Å²) in [5.74, 6) is -1.17. The maximum absolute atomic E-state index is 13.2. The molecule has 0 saturated carbocycles. The van der Waals surface area contributed by atoms with Gasteiger partial charge in [-0.05, 0) is 37.0 Å². The van der Waals surface area contributed by atoms with E-state index in [1.165, 1.54) is 16.2 Å². The van der Waals surface area contributed by atoms with E-state index in [1.54, 1.807) is 24.3 Å². The summed E-state index contributed by atoms with van der Waals surface area (Å²) in [4.78, 5) is 19.3. The van der Waals surface area contributed by atoms with Crippen LogP contribution in [0, 0.1) is 6.92 Å². The molecule has 2 aromatic carbocycles. The molecule has 1 aromatic heterocycles. The molecule has 8 heteroatoms. The van der Waals surface area contributed by atoms with Gasteiger partial charge in [0.1, 0.15) is 5.75 Å². The highest BCUT2D eigenvalue weighted by Gasteiger charge is 2.29. The van der Waals surface area contributed by atoms with E-state index < -0.39 is 21.5 Å². The van der Waals surface area contributed by atoms with Crippen LogP contribution in [0.25, 0.3) is 10.2 Å². The molecule has 0 radical (unpaired) electrons. The third-order valence-electron chi connectivity index (χ3n) is 5.12. The Kier molecular flexibility index (Phi) is 6.17. The average molecular weight is 445 g/mol. The minimum Gasteiger partial charge on any atom is -0.376 e. The monoisotopic (exact) mass is 444 g/mol. The number of amides is 1. The molecule has 6 nitrogen and oxygen atoms in total. The zero-order valence-electron chi connectivity index (χ0n) is 16.8. The molecule has 3 aromatic rings. The Morgan fingerprint density at radius 3 is 2.70 bits per heavy atom. The lowest BCUT2D eigenvalue weighted by Crippen LogP contribution is -2.41. The molecule has 1 fully saturated rings. The van der Waals surface area contributed by atoms with Gasteiger partial charge >= 0.3 is 0 Å². The Labute approximate surface area is 180 Å². The highest BCUT2D eigenvalue weighted by atomic mass is 32.2. The van der Waals surface area contributed by atoms with Crippen LogP contribution in [0.5, 0.6) is 0 Å². The van der Waals surface area contributed by atoms with E-state index in [0.717, 1.165) is 28.6 Å². The van der Waals surface area contributed by atoms with Crippen LogP contribution in [0.15, 0.2) is 48.5 Å². The minimum atomic E-state index is -3.61. The lowest BCUT2D eigenvalue weighted by Gasteiger charge is -2.23. The van der Waals surface area contributed by atoms with Crippen LogP contribution in [-0.2, 0) is 25.1 Å². The van der Waals surface area contributed by atoms with Gasteiger partial charge in [0.05, 0.1) is 28.6 Å². The summed E-state index contributed by atoms with van der Waals surface area (Å²) >= 11 is 1.40. The van der Waals surface area contributed by atoms with E-state index in [-0.39, 0.29) is 11.9 Å². The quantitative estimate of drug-likeness (QED) is 0.555. The maximum Gasteiger partial charge on any atom is 0.244 e. The topological polar surface area (TPSA) is 76.6 Å². The first kappa shape index (κ1) is 21.0. The number of aryl methyl sites for hydroxylation is 1. The number of sulfone groups is 1. The molecule has 30 heavy (non-hydrogen) atoms. The number of para-hydroxylation sites is 1. The number of rotatable bonds is 7. The number of nitrogens with zero attached hydrogens (tertiary/aromatic N) is 2. The molecule has 1 aliphatic rings. The Hall–Kier alpha value is -2.29. The molecule has 4 rings (SSSR count). The number of hydrogen-bond acceptors (Lipinski definition) is 6. The molecule has 0 spiro atoms. The molecule has 1 amide bonds. The van der Waals surface area contributed by atoms with Crippen LogP contribution < -0.4 is 4.90 Å². The second-order valence-electron chi connectivity index (χ2n) is 7.58. The van der Waals surface area contributed by atoms with Gasteiger partial charge in [0.15, 0.2) is 15.0 Å². The van der Waals surface area contributed by atoms with Crippen molar-refractivity contribution in [1.82, 2.24) is 4.98 Å². The summed E-state index contributed by atoms with van der Waals surface area (Å²) in [6.07, 6.45) is 1.70. The third kappa shape index (κ3) is 4.88. The molecule has 0 bridgehead atoms. The number of ether oxygens (including phenoxy) is 1. The van der Waals surface area contributed by atoms with Crippen LogP contribution in [0.1, 0.15) is 24.0 Å².